The molecule has 0 aromatic heterocycles. The molecule has 0 bridgehead atoms. The molecule has 0 saturated carbocycles. The standard InChI is InChI=1S/C12H27NS2/c1-10(2)12(9-14)8-13(4)11(3)6-7-15-5/h10-12,14H,6-9H2,1-5H3. The Balaban J connectivity index is 3.92. The lowest BCUT2D eigenvalue weighted by molar-refractivity contribution is 0.200. The van der Waals surface area contributed by atoms with Gasteiger partial charge in [-0.2, -0.15) is 24.4 Å². The minimum Gasteiger partial charge on any atom is -0.303 e. The van der Waals surface area contributed by atoms with Gasteiger partial charge in [0.2, 0.25) is 0 Å². The Labute approximate surface area is 106 Å². The molecule has 1 nitrogen and oxygen atoms in total. The summed E-state index contributed by atoms with van der Waals surface area (Å²) in [6.45, 7) is 8.09. The minimum atomic E-state index is 0.693. The first kappa shape index (κ1) is 15.7. The highest BCUT2D eigenvalue weighted by Gasteiger charge is 2.17. The molecule has 92 valence electrons. The molecular formula is C12H27NS2. The second-order valence-corrected chi connectivity index (χ2v) is 6.11. The first-order valence-corrected chi connectivity index (χ1v) is 7.85. The Morgan fingerprint density at radius 3 is 2.27 bits per heavy atom. The van der Waals surface area contributed by atoms with Crippen LogP contribution in [0.25, 0.3) is 0 Å². The van der Waals surface area contributed by atoms with E-state index in [1.165, 1.54) is 18.7 Å². The summed E-state index contributed by atoms with van der Waals surface area (Å²) >= 11 is 6.37. The first-order valence-electron chi connectivity index (χ1n) is 5.82. The molecule has 0 heterocycles. The van der Waals surface area contributed by atoms with Gasteiger partial charge in [-0.05, 0) is 50.0 Å². The first-order chi connectivity index (χ1) is 7.02. The van der Waals surface area contributed by atoms with Crippen LogP contribution in [0.3, 0.4) is 0 Å². The van der Waals surface area contributed by atoms with E-state index in [0.717, 1.165) is 17.6 Å². The van der Waals surface area contributed by atoms with Crippen LogP contribution in [0.2, 0.25) is 0 Å². The molecule has 0 aromatic carbocycles. The van der Waals surface area contributed by atoms with E-state index in [0.29, 0.717) is 6.04 Å². The van der Waals surface area contributed by atoms with Crippen molar-refractivity contribution in [3.8, 4) is 0 Å². The number of thiol groups is 1. The molecule has 0 amide bonds. The van der Waals surface area contributed by atoms with Crippen molar-refractivity contribution in [3.05, 3.63) is 0 Å². The van der Waals surface area contributed by atoms with Crippen molar-refractivity contribution in [2.24, 2.45) is 11.8 Å². The van der Waals surface area contributed by atoms with Crippen LogP contribution in [0.15, 0.2) is 0 Å². The summed E-state index contributed by atoms with van der Waals surface area (Å²) in [5.41, 5.74) is 0. The third kappa shape index (κ3) is 6.75. The highest BCUT2D eigenvalue weighted by atomic mass is 32.2. The molecule has 0 spiro atoms. The van der Waals surface area contributed by atoms with Gasteiger partial charge in [-0.15, -0.1) is 0 Å². The molecule has 2 unspecified atom stereocenters. The van der Waals surface area contributed by atoms with Crippen molar-refractivity contribution < 1.29 is 0 Å². The van der Waals surface area contributed by atoms with Crippen LogP contribution in [0.4, 0.5) is 0 Å². The molecule has 2 atom stereocenters. The zero-order valence-electron chi connectivity index (χ0n) is 10.9. The summed E-state index contributed by atoms with van der Waals surface area (Å²) in [4.78, 5) is 2.48. The Kier molecular flexibility index (Phi) is 9.16. The molecule has 15 heavy (non-hydrogen) atoms. The van der Waals surface area contributed by atoms with Gasteiger partial charge in [-0.3, -0.25) is 0 Å². The van der Waals surface area contributed by atoms with Gasteiger partial charge in [0, 0.05) is 12.6 Å². The van der Waals surface area contributed by atoms with Crippen molar-refractivity contribution in [2.45, 2.75) is 33.2 Å². The van der Waals surface area contributed by atoms with Crippen molar-refractivity contribution in [1.29, 1.82) is 0 Å². The Morgan fingerprint density at radius 1 is 1.27 bits per heavy atom. The molecule has 0 fully saturated rings. The topological polar surface area (TPSA) is 3.24 Å². The minimum absolute atomic E-state index is 0.693. The van der Waals surface area contributed by atoms with E-state index in [1.54, 1.807) is 0 Å². The molecule has 0 saturated heterocycles. The van der Waals surface area contributed by atoms with E-state index in [-0.39, 0.29) is 0 Å². The van der Waals surface area contributed by atoms with Crippen LogP contribution in [-0.2, 0) is 0 Å². The highest BCUT2D eigenvalue weighted by molar-refractivity contribution is 7.98. The van der Waals surface area contributed by atoms with Gasteiger partial charge >= 0.3 is 0 Å². The molecule has 0 rings (SSSR count). The van der Waals surface area contributed by atoms with Crippen molar-refractivity contribution >= 4 is 24.4 Å². The normalized spacial score (nSPS) is 16.0. The van der Waals surface area contributed by atoms with Gasteiger partial charge in [0.1, 0.15) is 0 Å². The molecular weight excluding hydrogens is 222 g/mol. The van der Waals surface area contributed by atoms with E-state index in [1.807, 2.05) is 11.8 Å². The van der Waals surface area contributed by atoms with Gasteiger partial charge in [0.05, 0.1) is 0 Å². The fourth-order valence-corrected chi connectivity index (χ4v) is 2.65. The van der Waals surface area contributed by atoms with Crippen molar-refractivity contribution in [3.63, 3.8) is 0 Å². The predicted octanol–water partition coefficient (Wildman–Crippen LogP) is 3.26. The maximum atomic E-state index is 4.44. The quantitative estimate of drug-likeness (QED) is 0.658. The largest absolute Gasteiger partial charge is 0.303 e. The van der Waals surface area contributed by atoms with Gasteiger partial charge < -0.3 is 4.90 Å². The SMILES string of the molecule is CSCCC(C)N(C)CC(CS)C(C)C. The summed E-state index contributed by atoms with van der Waals surface area (Å²) in [5, 5.41) is 0. The fourth-order valence-electron chi connectivity index (χ4n) is 1.54. The second kappa shape index (κ2) is 8.77. The third-order valence-electron chi connectivity index (χ3n) is 3.19. The molecule has 0 N–H and O–H groups in total. The van der Waals surface area contributed by atoms with Crippen LogP contribution in [-0.4, -0.2) is 42.3 Å². The zero-order valence-corrected chi connectivity index (χ0v) is 12.6. The summed E-state index contributed by atoms with van der Waals surface area (Å²) in [5.74, 6) is 3.71. The summed E-state index contributed by atoms with van der Waals surface area (Å²) in [6, 6.07) is 0.693. The molecule has 3 heteroatoms. The average molecular weight is 249 g/mol. The number of hydrogen-bond donors (Lipinski definition) is 1. The molecule has 0 aromatic rings. The second-order valence-electron chi connectivity index (χ2n) is 4.76. The number of hydrogen-bond acceptors (Lipinski definition) is 3. The van der Waals surface area contributed by atoms with Gasteiger partial charge in [-0.1, -0.05) is 13.8 Å². The van der Waals surface area contributed by atoms with E-state index < -0.39 is 0 Å². The van der Waals surface area contributed by atoms with Crippen LogP contribution in [0.5, 0.6) is 0 Å². The van der Waals surface area contributed by atoms with Gasteiger partial charge in [0.25, 0.3) is 0 Å². The van der Waals surface area contributed by atoms with Crippen molar-refractivity contribution in [1.82, 2.24) is 4.90 Å². The van der Waals surface area contributed by atoms with E-state index in [9.17, 15) is 0 Å². The van der Waals surface area contributed by atoms with Crippen LogP contribution in [0, 0.1) is 11.8 Å². The Bertz CT molecular complexity index is 151. The molecule has 0 aliphatic carbocycles. The van der Waals surface area contributed by atoms with Crippen LogP contribution in [0.1, 0.15) is 27.2 Å². The maximum Gasteiger partial charge on any atom is 0.00718 e. The number of nitrogens with zero attached hydrogens (tertiary/aromatic N) is 1. The smallest absolute Gasteiger partial charge is 0.00718 e. The zero-order chi connectivity index (χ0) is 11.8. The highest BCUT2D eigenvalue weighted by Crippen LogP contribution is 2.16. The van der Waals surface area contributed by atoms with E-state index >= 15 is 0 Å². The lowest BCUT2D eigenvalue weighted by Crippen LogP contribution is -2.36. The monoisotopic (exact) mass is 249 g/mol. The van der Waals surface area contributed by atoms with Crippen LogP contribution < -0.4 is 0 Å². The number of thioether (sulfide) groups is 1. The van der Waals surface area contributed by atoms with E-state index in [4.69, 9.17) is 0 Å². The lowest BCUT2D eigenvalue weighted by atomic mass is 9.97. The predicted molar refractivity (Wildman–Crippen MR) is 77.3 cm³/mol. The van der Waals surface area contributed by atoms with Crippen LogP contribution >= 0.6 is 24.4 Å². The molecule has 0 aliphatic rings. The Morgan fingerprint density at radius 2 is 1.87 bits per heavy atom. The number of rotatable bonds is 8. The maximum absolute atomic E-state index is 4.44. The Hall–Kier alpha value is 0.660. The molecule has 0 radical (unpaired) electrons. The van der Waals surface area contributed by atoms with Gasteiger partial charge in [-0.25, -0.2) is 0 Å². The lowest BCUT2D eigenvalue weighted by Gasteiger charge is -2.30. The average Bonchev–Trinajstić information content (AvgIpc) is 2.21. The molecule has 0 aliphatic heterocycles. The van der Waals surface area contributed by atoms with E-state index in [2.05, 4.69) is 51.6 Å². The fraction of sp³-hybridized carbons (Fsp3) is 1.00. The van der Waals surface area contributed by atoms with Gasteiger partial charge in [0.15, 0.2) is 0 Å². The van der Waals surface area contributed by atoms with Crippen molar-refractivity contribution in [2.75, 3.05) is 31.4 Å². The summed E-state index contributed by atoms with van der Waals surface area (Å²) in [7, 11) is 2.24. The summed E-state index contributed by atoms with van der Waals surface area (Å²) in [6.07, 6.45) is 3.46. The summed E-state index contributed by atoms with van der Waals surface area (Å²) < 4.78 is 0. The third-order valence-corrected chi connectivity index (χ3v) is 4.30.